The minimum absolute atomic E-state index is 0.126. The van der Waals surface area contributed by atoms with Gasteiger partial charge in [-0.3, -0.25) is 0 Å². The van der Waals surface area contributed by atoms with Crippen molar-refractivity contribution in [2.45, 2.75) is 19.8 Å². The van der Waals surface area contributed by atoms with Gasteiger partial charge in [-0.25, -0.2) is 9.78 Å². The number of aromatic nitrogens is 1. The van der Waals surface area contributed by atoms with E-state index in [1.807, 2.05) is 6.92 Å². The molecule has 1 aromatic carbocycles. The molecule has 0 spiro atoms. The summed E-state index contributed by atoms with van der Waals surface area (Å²) in [6, 6.07) is 7.70. The van der Waals surface area contributed by atoms with Crippen LogP contribution < -0.4 is 4.74 Å². The van der Waals surface area contributed by atoms with E-state index in [2.05, 4.69) is 4.98 Å². The average Bonchev–Trinajstić information content (AvgIpc) is 2.43. The van der Waals surface area contributed by atoms with Gasteiger partial charge >= 0.3 is 5.97 Å². The molecule has 6 heteroatoms. The first-order valence-electron chi connectivity index (χ1n) is 6.36. The average molecular weight is 326 g/mol. The van der Waals surface area contributed by atoms with Crippen molar-refractivity contribution in [3.8, 4) is 11.6 Å². The molecule has 0 saturated carbocycles. The molecule has 0 amide bonds. The maximum atomic E-state index is 11.2. The van der Waals surface area contributed by atoms with Crippen molar-refractivity contribution in [1.29, 1.82) is 0 Å². The van der Waals surface area contributed by atoms with Crippen LogP contribution in [0, 0.1) is 0 Å². The van der Waals surface area contributed by atoms with Gasteiger partial charge < -0.3 is 9.84 Å². The molecule has 0 radical (unpaired) electrons. The molecule has 0 aliphatic carbocycles. The number of benzene rings is 1. The lowest BCUT2D eigenvalue weighted by atomic mass is 10.1. The lowest BCUT2D eigenvalue weighted by molar-refractivity contribution is 0.0696. The third-order valence-electron chi connectivity index (χ3n) is 2.72. The predicted molar refractivity (Wildman–Crippen MR) is 81.7 cm³/mol. The summed E-state index contributed by atoms with van der Waals surface area (Å²) >= 11 is 11.9. The zero-order valence-corrected chi connectivity index (χ0v) is 12.8. The van der Waals surface area contributed by atoms with E-state index >= 15 is 0 Å². The second-order valence-electron chi connectivity index (χ2n) is 4.42. The molecule has 0 unspecified atom stereocenters. The predicted octanol–water partition coefficient (Wildman–Crippen LogP) is 4.83. The molecule has 1 heterocycles. The molecule has 2 aromatic rings. The van der Waals surface area contributed by atoms with Gasteiger partial charge in [-0.1, -0.05) is 36.5 Å². The molecule has 0 fully saturated rings. The Balaban J connectivity index is 2.38. The summed E-state index contributed by atoms with van der Waals surface area (Å²) in [6.07, 6.45) is 1.52. The standard InChI is InChI=1S/C15H13Cl2NO3/c1-2-3-11-6-9(15(19)20)7-14(18-11)21-13-8-10(16)4-5-12(13)17/h4-8H,2-3H2,1H3,(H,19,20). The monoisotopic (exact) mass is 325 g/mol. The third-order valence-corrected chi connectivity index (χ3v) is 3.26. The number of aromatic carboxylic acids is 1. The number of halogens is 2. The molecule has 0 bridgehead atoms. The van der Waals surface area contributed by atoms with Crippen LogP contribution in [0.15, 0.2) is 30.3 Å². The van der Waals surface area contributed by atoms with Crippen LogP contribution in [-0.2, 0) is 6.42 Å². The van der Waals surface area contributed by atoms with E-state index in [4.69, 9.17) is 33.0 Å². The highest BCUT2D eigenvalue weighted by Crippen LogP contribution is 2.31. The summed E-state index contributed by atoms with van der Waals surface area (Å²) in [5, 5.41) is 9.98. The maximum Gasteiger partial charge on any atom is 0.335 e. The summed E-state index contributed by atoms with van der Waals surface area (Å²) in [5.41, 5.74) is 0.784. The molecule has 0 aliphatic heterocycles. The third kappa shape index (κ3) is 4.09. The fraction of sp³-hybridized carbons (Fsp3) is 0.200. The van der Waals surface area contributed by atoms with Gasteiger partial charge in [0.05, 0.1) is 10.6 Å². The number of hydrogen-bond donors (Lipinski definition) is 1. The summed E-state index contributed by atoms with van der Waals surface area (Å²) < 4.78 is 5.58. The van der Waals surface area contributed by atoms with Crippen LogP contribution in [0.3, 0.4) is 0 Å². The number of nitrogens with zero attached hydrogens (tertiary/aromatic N) is 1. The van der Waals surface area contributed by atoms with Crippen LogP contribution in [0.1, 0.15) is 29.4 Å². The van der Waals surface area contributed by atoms with Crippen LogP contribution in [0.25, 0.3) is 0 Å². The van der Waals surface area contributed by atoms with E-state index < -0.39 is 5.97 Å². The largest absolute Gasteiger partial charge is 0.478 e. The molecule has 0 aliphatic rings. The molecule has 1 aromatic heterocycles. The topological polar surface area (TPSA) is 59.4 Å². The van der Waals surface area contributed by atoms with E-state index in [0.717, 1.165) is 6.42 Å². The van der Waals surface area contributed by atoms with Crippen molar-refractivity contribution >= 4 is 29.2 Å². The number of aryl methyl sites for hydroxylation is 1. The number of carbonyl (C=O) groups is 1. The number of rotatable bonds is 5. The van der Waals surface area contributed by atoms with Crippen molar-refractivity contribution in [2.24, 2.45) is 0 Å². The lowest BCUT2D eigenvalue weighted by Crippen LogP contribution is -2.02. The van der Waals surface area contributed by atoms with Gasteiger partial charge in [-0.05, 0) is 24.6 Å². The highest BCUT2D eigenvalue weighted by Gasteiger charge is 2.11. The molecular weight excluding hydrogens is 313 g/mol. The zero-order valence-electron chi connectivity index (χ0n) is 11.3. The van der Waals surface area contributed by atoms with Crippen molar-refractivity contribution in [3.63, 3.8) is 0 Å². The van der Waals surface area contributed by atoms with Gasteiger partial charge in [0.15, 0.2) is 0 Å². The minimum atomic E-state index is -1.03. The number of carboxylic acids is 1. The van der Waals surface area contributed by atoms with E-state index in [1.165, 1.54) is 12.1 Å². The van der Waals surface area contributed by atoms with Crippen molar-refractivity contribution in [2.75, 3.05) is 0 Å². The number of carboxylic acid groups (broad SMARTS) is 1. The number of hydrogen-bond acceptors (Lipinski definition) is 3. The number of pyridine rings is 1. The van der Waals surface area contributed by atoms with Gasteiger partial charge in [-0.2, -0.15) is 0 Å². The molecule has 1 N–H and O–H groups in total. The first-order chi connectivity index (χ1) is 9.99. The van der Waals surface area contributed by atoms with E-state index in [9.17, 15) is 4.79 Å². The Labute approximate surface area is 132 Å². The number of ether oxygens (including phenoxy) is 1. The Morgan fingerprint density at radius 2 is 2.05 bits per heavy atom. The van der Waals surface area contributed by atoms with Crippen LogP contribution in [-0.4, -0.2) is 16.1 Å². The van der Waals surface area contributed by atoms with E-state index in [1.54, 1.807) is 18.2 Å². The first kappa shape index (κ1) is 15.6. The summed E-state index contributed by atoms with van der Waals surface area (Å²) in [7, 11) is 0. The Morgan fingerprint density at radius 3 is 2.71 bits per heavy atom. The molecular formula is C15H13Cl2NO3. The van der Waals surface area contributed by atoms with Crippen LogP contribution in [0.5, 0.6) is 11.6 Å². The summed E-state index contributed by atoms with van der Waals surface area (Å²) in [6.45, 7) is 1.99. The Bertz CT molecular complexity index is 674. The van der Waals surface area contributed by atoms with Gasteiger partial charge in [0.25, 0.3) is 0 Å². The highest BCUT2D eigenvalue weighted by molar-refractivity contribution is 6.34. The second kappa shape index (κ2) is 6.78. The normalized spacial score (nSPS) is 10.4. The Morgan fingerprint density at radius 1 is 1.29 bits per heavy atom. The van der Waals surface area contributed by atoms with E-state index in [-0.39, 0.29) is 11.4 Å². The Hall–Kier alpha value is -1.78. The van der Waals surface area contributed by atoms with Gasteiger partial charge in [0, 0.05) is 22.8 Å². The van der Waals surface area contributed by atoms with Crippen molar-refractivity contribution < 1.29 is 14.6 Å². The molecule has 2 rings (SSSR count). The molecule has 110 valence electrons. The minimum Gasteiger partial charge on any atom is -0.478 e. The van der Waals surface area contributed by atoms with Crippen LogP contribution in [0.2, 0.25) is 10.0 Å². The van der Waals surface area contributed by atoms with Gasteiger partial charge in [0.2, 0.25) is 5.88 Å². The van der Waals surface area contributed by atoms with Gasteiger partial charge in [-0.15, -0.1) is 0 Å². The van der Waals surface area contributed by atoms with Gasteiger partial charge in [0.1, 0.15) is 5.75 Å². The van der Waals surface area contributed by atoms with Crippen LogP contribution >= 0.6 is 23.2 Å². The quantitative estimate of drug-likeness (QED) is 0.855. The van der Waals surface area contributed by atoms with Crippen molar-refractivity contribution in [1.82, 2.24) is 4.98 Å². The summed E-state index contributed by atoms with van der Waals surface area (Å²) in [4.78, 5) is 15.4. The SMILES string of the molecule is CCCc1cc(C(=O)O)cc(Oc2cc(Cl)ccc2Cl)n1. The fourth-order valence-corrected chi connectivity index (χ4v) is 2.11. The molecule has 0 saturated heterocycles. The maximum absolute atomic E-state index is 11.2. The molecule has 21 heavy (non-hydrogen) atoms. The smallest absolute Gasteiger partial charge is 0.335 e. The zero-order chi connectivity index (χ0) is 15.4. The first-order valence-corrected chi connectivity index (χ1v) is 7.12. The molecule has 0 atom stereocenters. The second-order valence-corrected chi connectivity index (χ2v) is 5.26. The van der Waals surface area contributed by atoms with Crippen molar-refractivity contribution in [3.05, 3.63) is 51.6 Å². The molecule has 4 nitrogen and oxygen atoms in total. The van der Waals surface area contributed by atoms with E-state index in [0.29, 0.717) is 27.9 Å². The fourth-order valence-electron chi connectivity index (χ4n) is 1.79. The summed E-state index contributed by atoms with van der Waals surface area (Å²) in [5.74, 6) is -0.513. The Kier molecular flexibility index (Phi) is 5.04. The highest BCUT2D eigenvalue weighted by atomic mass is 35.5. The lowest BCUT2D eigenvalue weighted by Gasteiger charge is -2.09. The van der Waals surface area contributed by atoms with Crippen LogP contribution in [0.4, 0.5) is 0 Å².